The van der Waals surface area contributed by atoms with Gasteiger partial charge in [-0.15, -0.1) is 0 Å². The first-order chi connectivity index (χ1) is 7.91. The van der Waals surface area contributed by atoms with Gasteiger partial charge in [-0.2, -0.15) is 0 Å². The van der Waals surface area contributed by atoms with Crippen molar-refractivity contribution in [2.75, 3.05) is 14.2 Å². The van der Waals surface area contributed by atoms with E-state index in [0.29, 0.717) is 23.8 Å². The molecule has 2 N–H and O–H groups in total. The lowest BCUT2D eigenvalue weighted by molar-refractivity contribution is 0.342. The van der Waals surface area contributed by atoms with Crippen molar-refractivity contribution >= 4 is 8.32 Å². The molecule has 0 heterocycles. The molecule has 0 aliphatic heterocycles. The van der Waals surface area contributed by atoms with Crippen LogP contribution in [0.2, 0.25) is 19.6 Å². The van der Waals surface area contributed by atoms with Gasteiger partial charge in [0.15, 0.2) is 11.5 Å². The quantitative estimate of drug-likeness (QED) is 0.821. The third kappa shape index (κ3) is 3.64. The van der Waals surface area contributed by atoms with Gasteiger partial charge in [0, 0.05) is 6.54 Å². The van der Waals surface area contributed by atoms with Gasteiger partial charge in [0.2, 0.25) is 14.1 Å². The minimum Gasteiger partial charge on any atom is -0.542 e. The fourth-order valence-electron chi connectivity index (χ4n) is 1.51. The third-order valence-electron chi connectivity index (χ3n) is 2.16. The molecule has 1 aromatic rings. The maximum atomic E-state index is 5.99. The molecule has 0 aliphatic carbocycles. The number of hydrogen-bond acceptors (Lipinski definition) is 4. The molecule has 0 amide bonds. The van der Waals surface area contributed by atoms with E-state index in [4.69, 9.17) is 19.6 Å². The first kappa shape index (κ1) is 13.9. The highest BCUT2D eigenvalue weighted by Crippen LogP contribution is 2.39. The smallest absolute Gasteiger partial charge is 0.242 e. The Morgan fingerprint density at radius 2 is 1.65 bits per heavy atom. The van der Waals surface area contributed by atoms with Crippen LogP contribution in [0, 0.1) is 0 Å². The number of nitrogens with two attached hydrogens (primary N) is 1. The molecular weight excluding hydrogens is 234 g/mol. The Hall–Kier alpha value is -1.20. The zero-order chi connectivity index (χ0) is 13.1. The van der Waals surface area contributed by atoms with Crippen molar-refractivity contribution in [1.29, 1.82) is 0 Å². The Bertz CT molecular complexity index is 388. The summed E-state index contributed by atoms with van der Waals surface area (Å²) in [4.78, 5) is 0. The van der Waals surface area contributed by atoms with Crippen LogP contribution in [-0.2, 0) is 6.54 Å². The number of benzene rings is 1. The summed E-state index contributed by atoms with van der Waals surface area (Å²) in [6, 6.07) is 3.79. The predicted molar refractivity (Wildman–Crippen MR) is 71.4 cm³/mol. The molecule has 1 aromatic carbocycles. The Morgan fingerprint density at radius 3 is 2.06 bits per heavy atom. The average Bonchev–Trinajstić information content (AvgIpc) is 2.25. The minimum absolute atomic E-state index is 0.447. The molecule has 0 saturated carbocycles. The average molecular weight is 255 g/mol. The summed E-state index contributed by atoms with van der Waals surface area (Å²) in [7, 11) is 1.52. The van der Waals surface area contributed by atoms with E-state index in [2.05, 4.69) is 19.6 Å². The van der Waals surface area contributed by atoms with E-state index < -0.39 is 8.32 Å². The van der Waals surface area contributed by atoms with Gasteiger partial charge >= 0.3 is 0 Å². The first-order valence-corrected chi connectivity index (χ1v) is 8.96. The monoisotopic (exact) mass is 255 g/mol. The van der Waals surface area contributed by atoms with E-state index >= 15 is 0 Å². The van der Waals surface area contributed by atoms with E-state index in [1.54, 1.807) is 14.2 Å². The molecule has 0 radical (unpaired) electrons. The van der Waals surface area contributed by atoms with Crippen LogP contribution < -0.4 is 19.6 Å². The molecule has 0 spiro atoms. The van der Waals surface area contributed by atoms with E-state index in [1.165, 1.54) is 0 Å². The molecule has 0 aliphatic rings. The molecule has 4 nitrogen and oxygen atoms in total. The van der Waals surface area contributed by atoms with E-state index in [1.807, 2.05) is 12.1 Å². The molecular formula is C12H21NO3Si. The molecule has 1 rings (SSSR count). The van der Waals surface area contributed by atoms with Crippen molar-refractivity contribution in [1.82, 2.24) is 0 Å². The Morgan fingerprint density at radius 1 is 1.06 bits per heavy atom. The second-order valence-electron chi connectivity index (χ2n) is 4.75. The molecule has 0 saturated heterocycles. The summed E-state index contributed by atoms with van der Waals surface area (Å²) in [6.45, 7) is 6.80. The predicted octanol–water partition coefficient (Wildman–Crippen LogP) is 2.38. The van der Waals surface area contributed by atoms with Gasteiger partial charge in [0.25, 0.3) is 0 Å². The molecule has 5 heteroatoms. The molecule has 0 bridgehead atoms. The van der Waals surface area contributed by atoms with E-state index in [-0.39, 0.29) is 0 Å². The molecule has 96 valence electrons. The highest BCUT2D eigenvalue weighted by Gasteiger charge is 2.21. The van der Waals surface area contributed by atoms with Crippen molar-refractivity contribution in [3.63, 3.8) is 0 Å². The first-order valence-electron chi connectivity index (χ1n) is 5.55. The molecule has 0 fully saturated rings. The number of rotatable bonds is 5. The topological polar surface area (TPSA) is 53.7 Å². The van der Waals surface area contributed by atoms with Crippen molar-refractivity contribution in [3.8, 4) is 17.2 Å². The van der Waals surface area contributed by atoms with Crippen molar-refractivity contribution in [2.24, 2.45) is 5.73 Å². The molecule has 0 aromatic heterocycles. The second kappa shape index (κ2) is 5.42. The zero-order valence-corrected chi connectivity index (χ0v) is 12.2. The van der Waals surface area contributed by atoms with Gasteiger partial charge in [0.1, 0.15) is 0 Å². The normalized spacial score (nSPS) is 11.2. The summed E-state index contributed by atoms with van der Waals surface area (Å²) in [6.07, 6.45) is 0. The minimum atomic E-state index is -1.69. The Balaban J connectivity index is 3.24. The van der Waals surface area contributed by atoms with Crippen LogP contribution >= 0.6 is 0 Å². The molecule has 0 atom stereocenters. The van der Waals surface area contributed by atoms with Gasteiger partial charge in [-0.05, 0) is 37.3 Å². The van der Waals surface area contributed by atoms with Crippen LogP contribution in [0.1, 0.15) is 5.56 Å². The Kier molecular flexibility index (Phi) is 4.42. The third-order valence-corrected chi connectivity index (χ3v) is 2.99. The van der Waals surface area contributed by atoms with Crippen LogP contribution in [0.15, 0.2) is 12.1 Å². The fourth-order valence-corrected chi connectivity index (χ4v) is 2.32. The number of hydrogen-bond donors (Lipinski definition) is 1. The van der Waals surface area contributed by atoms with Crippen LogP contribution in [0.25, 0.3) is 0 Å². The van der Waals surface area contributed by atoms with Crippen molar-refractivity contribution in [2.45, 2.75) is 26.2 Å². The van der Waals surface area contributed by atoms with Crippen LogP contribution in [0.3, 0.4) is 0 Å². The number of methoxy groups -OCH3 is 2. The standard InChI is InChI=1S/C12H21NO3Si/c1-14-10-6-9(8-13)7-11(12(10)15-2)16-17(3,4)5/h6-7H,8,13H2,1-5H3. The second-order valence-corrected chi connectivity index (χ2v) is 9.18. The zero-order valence-electron chi connectivity index (χ0n) is 11.2. The maximum absolute atomic E-state index is 5.99. The van der Waals surface area contributed by atoms with Crippen LogP contribution in [0.5, 0.6) is 17.2 Å². The molecule has 17 heavy (non-hydrogen) atoms. The summed E-state index contributed by atoms with van der Waals surface area (Å²) in [5, 5.41) is 0. The van der Waals surface area contributed by atoms with Gasteiger partial charge in [0.05, 0.1) is 14.2 Å². The summed E-state index contributed by atoms with van der Waals surface area (Å²) < 4.78 is 16.6. The van der Waals surface area contributed by atoms with E-state index in [9.17, 15) is 0 Å². The highest BCUT2D eigenvalue weighted by molar-refractivity contribution is 6.70. The SMILES string of the molecule is COc1cc(CN)cc(O[Si](C)(C)C)c1OC. The number of ether oxygens (including phenoxy) is 2. The van der Waals surface area contributed by atoms with Crippen LogP contribution in [-0.4, -0.2) is 22.5 Å². The van der Waals surface area contributed by atoms with Gasteiger partial charge in [-0.1, -0.05) is 0 Å². The highest BCUT2D eigenvalue weighted by atomic mass is 28.4. The Labute approximate surface area is 104 Å². The fraction of sp³-hybridized carbons (Fsp3) is 0.500. The van der Waals surface area contributed by atoms with Crippen molar-refractivity contribution < 1.29 is 13.9 Å². The lowest BCUT2D eigenvalue weighted by atomic mass is 10.2. The van der Waals surface area contributed by atoms with Crippen LogP contribution in [0.4, 0.5) is 0 Å². The largest absolute Gasteiger partial charge is 0.542 e. The lowest BCUT2D eigenvalue weighted by Gasteiger charge is -2.22. The molecule has 0 unspecified atom stereocenters. The van der Waals surface area contributed by atoms with Crippen molar-refractivity contribution in [3.05, 3.63) is 17.7 Å². The van der Waals surface area contributed by atoms with Gasteiger partial charge < -0.3 is 19.6 Å². The van der Waals surface area contributed by atoms with E-state index in [0.717, 1.165) is 5.56 Å². The summed E-state index contributed by atoms with van der Waals surface area (Å²) in [5.74, 6) is 2.00. The van der Waals surface area contributed by atoms with Gasteiger partial charge in [-0.25, -0.2) is 0 Å². The van der Waals surface area contributed by atoms with Gasteiger partial charge in [-0.3, -0.25) is 0 Å². The maximum Gasteiger partial charge on any atom is 0.242 e. The lowest BCUT2D eigenvalue weighted by Crippen LogP contribution is -2.29. The summed E-state index contributed by atoms with van der Waals surface area (Å²) >= 11 is 0. The summed E-state index contributed by atoms with van der Waals surface area (Å²) in [5.41, 5.74) is 6.63.